The summed E-state index contributed by atoms with van der Waals surface area (Å²) in [7, 11) is 1.64. The summed E-state index contributed by atoms with van der Waals surface area (Å²) in [6.07, 6.45) is 0. The van der Waals surface area contributed by atoms with Crippen LogP contribution >= 0.6 is 23.6 Å². The van der Waals surface area contributed by atoms with Crippen LogP contribution in [0.4, 0.5) is 11.1 Å². The van der Waals surface area contributed by atoms with Crippen LogP contribution in [0.2, 0.25) is 0 Å². The third-order valence-corrected chi connectivity index (χ3v) is 4.83. The van der Waals surface area contributed by atoms with Gasteiger partial charge in [-0.15, -0.1) is 16.4 Å². The number of ether oxygens (including phenoxy) is 1. The van der Waals surface area contributed by atoms with Crippen molar-refractivity contribution in [3.8, 4) is 22.7 Å². The van der Waals surface area contributed by atoms with E-state index in [4.69, 9.17) is 17.0 Å². The molecule has 0 aliphatic rings. The molecule has 0 unspecified atom stereocenters. The van der Waals surface area contributed by atoms with Crippen LogP contribution in [0.25, 0.3) is 16.9 Å². The molecule has 8 heteroatoms. The number of methoxy groups -OCH3 is 1. The van der Waals surface area contributed by atoms with Crippen LogP contribution < -0.4 is 10.1 Å². The molecule has 2 aromatic heterocycles. The standard InChI is InChI=1S/C18H15N5OS2/c1-24-14-9-7-13(8-10-14)23-16(21-22-18(23)25)20-17-19-15(11-26-17)12-5-3-2-4-6-12/h2-11H,1H3,(H,22,25)(H,19,20,21). The Balaban J connectivity index is 1.64. The minimum Gasteiger partial charge on any atom is -0.497 e. The first kappa shape index (κ1) is 16.5. The van der Waals surface area contributed by atoms with Crippen LogP contribution in [-0.2, 0) is 0 Å². The average Bonchev–Trinajstić information content (AvgIpc) is 3.30. The van der Waals surface area contributed by atoms with Gasteiger partial charge in [0.1, 0.15) is 5.75 Å². The Bertz CT molecular complexity index is 1070. The van der Waals surface area contributed by atoms with Crippen LogP contribution in [0.15, 0.2) is 60.0 Å². The van der Waals surface area contributed by atoms with Gasteiger partial charge in [-0.25, -0.2) is 10.1 Å². The fraction of sp³-hybridized carbons (Fsp3) is 0.0556. The lowest BCUT2D eigenvalue weighted by Crippen LogP contribution is -2.02. The normalized spacial score (nSPS) is 10.7. The molecule has 4 rings (SSSR count). The Morgan fingerprint density at radius 2 is 1.88 bits per heavy atom. The molecule has 2 heterocycles. The molecule has 26 heavy (non-hydrogen) atoms. The van der Waals surface area contributed by atoms with Gasteiger partial charge in [-0.3, -0.25) is 9.88 Å². The Labute approximate surface area is 159 Å². The number of aromatic nitrogens is 4. The molecule has 0 spiro atoms. The van der Waals surface area contributed by atoms with E-state index in [9.17, 15) is 0 Å². The first-order valence-corrected chi connectivity index (χ1v) is 9.13. The lowest BCUT2D eigenvalue weighted by atomic mass is 10.2. The molecule has 2 N–H and O–H groups in total. The number of thiazole rings is 1. The quantitative estimate of drug-likeness (QED) is 0.486. The summed E-state index contributed by atoms with van der Waals surface area (Å²) < 4.78 is 7.52. The van der Waals surface area contributed by atoms with Crippen molar-refractivity contribution in [2.45, 2.75) is 0 Å². The predicted octanol–water partition coefficient (Wildman–Crippen LogP) is 4.81. The van der Waals surface area contributed by atoms with Gasteiger partial charge in [0.15, 0.2) is 5.13 Å². The van der Waals surface area contributed by atoms with Crippen molar-refractivity contribution in [1.29, 1.82) is 0 Å². The van der Waals surface area contributed by atoms with Gasteiger partial charge in [-0.05, 0) is 36.5 Å². The molecule has 0 aliphatic heterocycles. The monoisotopic (exact) mass is 381 g/mol. The largest absolute Gasteiger partial charge is 0.497 e. The zero-order valence-corrected chi connectivity index (χ0v) is 15.5. The number of nitrogens with one attached hydrogen (secondary N) is 2. The van der Waals surface area contributed by atoms with E-state index in [1.807, 2.05) is 64.5 Å². The fourth-order valence-electron chi connectivity index (χ4n) is 2.52. The number of hydrogen-bond acceptors (Lipinski definition) is 6. The molecule has 0 amide bonds. The molecule has 0 radical (unpaired) electrons. The van der Waals surface area contributed by atoms with Gasteiger partial charge in [0.2, 0.25) is 10.7 Å². The summed E-state index contributed by atoms with van der Waals surface area (Å²) in [6.45, 7) is 0. The van der Waals surface area contributed by atoms with Crippen molar-refractivity contribution in [1.82, 2.24) is 19.7 Å². The maximum atomic E-state index is 5.37. The van der Waals surface area contributed by atoms with E-state index in [1.54, 1.807) is 7.11 Å². The van der Waals surface area contributed by atoms with Gasteiger partial charge in [0.05, 0.1) is 18.5 Å². The Morgan fingerprint density at radius 3 is 2.62 bits per heavy atom. The second-order valence-electron chi connectivity index (χ2n) is 5.41. The van der Waals surface area contributed by atoms with Crippen LogP contribution in [-0.4, -0.2) is 26.9 Å². The van der Waals surface area contributed by atoms with Gasteiger partial charge < -0.3 is 4.74 Å². The number of hydrogen-bond donors (Lipinski definition) is 2. The highest BCUT2D eigenvalue weighted by Gasteiger charge is 2.11. The van der Waals surface area contributed by atoms with Crippen molar-refractivity contribution in [2.24, 2.45) is 0 Å². The van der Waals surface area contributed by atoms with Crippen molar-refractivity contribution in [3.63, 3.8) is 0 Å². The molecule has 0 saturated heterocycles. The predicted molar refractivity (Wildman–Crippen MR) is 106 cm³/mol. The summed E-state index contributed by atoms with van der Waals surface area (Å²) in [6, 6.07) is 17.7. The number of aromatic amines is 1. The SMILES string of the molecule is COc1ccc(-n2c(Nc3nc(-c4ccccc4)cs3)n[nH]c2=S)cc1. The second kappa shape index (κ2) is 7.11. The molecule has 0 fully saturated rings. The first-order chi connectivity index (χ1) is 12.7. The number of H-pyrrole nitrogens is 1. The van der Waals surface area contributed by atoms with Gasteiger partial charge in [-0.2, -0.15) is 0 Å². The van der Waals surface area contributed by atoms with E-state index in [1.165, 1.54) is 11.3 Å². The Hall–Kier alpha value is -2.97. The van der Waals surface area contributed by atoms with Crippen molar-refractivity contribution in [3.05, 3.63) is 64.7 Å². The molecule has 6 nitrogen and oxygen atoms in total. The van der Waals surface area contributed by atoms with Crippen molar-refractivity contribution >= 4 is 34.6 Å². The van der Waals surface area contributed by atoms with E-state index >= 15 is 0 Å². The van der Waals surface area contributed by atoms with E-state index in [0.717, 1.165) is 27.8 Å². The molecular weight excluding hydrogens is 366 g/mol. The molecule has 130 valence electrons. The smallest absolute Gasteiger partial charge is 0.234 e. The summed E-state index contributed by atoms with van der Waals surface area (Å²) in [5.74, 6) is 1.36. The number of benzene rings is 2. The fourth-order valence-corrected chi connectivity index (χ4v) is 3.47. The maximum absolute atomic E-state index is 5.37. The summed E-state index contributed by atoms with van der Waals surface area (Å²) in [4.78, 5) is 4.63. The van der Waals surface area contributed by atoms with Gasteiger partial charge >= 0.3 is 0 Å². The molecule has 0 atom stereocenters. The van der Waals surface area contributed by atoms with Crippen LogP contribution in [0.1, 0.15) is 0 Å². The Morgan fingerprint density at radius 1 is 1.12 bits per heavy atom. The molecule has 2 aromatic carbocycles. The molecule has 0 bridgehead atoms. The summed E-state index contributed by atoms with van der Waals surface area (Å²) in [5.41, 5.74) is 2.88. The maximum Gasteiger partial charge on any atom is 0.234 e. The topological polar surface area (TPSA) is 67.8 Å². The van der Waals surface area contributed by atoms with Gasteiger partial charge in [0, 0.05) is 10.9 Å². The number of nitrogens with zero attached hydrogens (tertiary/aromatic N) is 3. The van der Waals surface area contributed by atoms with E-state index in [0.29, 0.717) is 10.7 Å². The molecule has 4 aromatic rings. The highest BCUT2D eigenvalue weighted by atomic mass is 32.1. The minimum atomic E-state index is 0.498. The summed E-state index contributed by atoms with van der Waals surface area (Å²) >= 11 is 6.89. The number of rotatable bonds is 5. The Kier molecular flexibility index (Phi) is 4.51. The second-order valence-corrected chi connectivity index (χ2v) is 6.66. The first-order valence-electron chi connectivity index (χ1n) is 7.84. The summed E-state index contributed by atoms with van der Waals surface area (Å²) in [5, 5.41) is 13.1. The van der Waals surface area contributed by atoms with E-state index in [2.05, 4.69) is 20.5 Å². The van der Waals surface area contributed by atoms with E-state index in [-0.39, 0.29) is 0 Å². The van der Waals surface area contributed by atoms with Crippen molar-refractivity contribution in [2.75, 3.05) is 12.4 Å². The molecule has 0 saturated carbocycles. The average molecular weight is 381 g/mol. The minimum absolute atomic E-state index is 0.498. The molecular formula is C18H15N5OS2. The van der Waals surface area contributed by atoms with E-state index < -0.39 is 0 Å². The van der Waals surface area contributed by atoms with Crippen molar-refractivity contribution < 1.29 is 4.74 Å². The van der Waals surface area contributed by atoms with Crippen LogP contribution in [0.3, 0.4) is 0 Å². The lowest BCUT2D eigenvalue weighted by molar-refractivity contribution is 0.414. The highest BCUT2D eigenvalue weighted by Crippen LogP contribution is 2.27. The van der Waals surface area contributed by atoms with Crippen LogP contribution in [0, 0.1) is 4.77 Å². The number of anilines is 2. The van der Waals surface area contributed by atoms with Gasteiger partial charge in [0.25, 0.3) is 0 Å². The zero-order valence-electron chi connectivity index (χ0n) is 13.8. The van der Waals surface area contributed by atoms with Gasteiger partial charge in [-0.1, -0.05) is 30.3 Å². The molecule has 0 aliphatic carbocycles. The zero-order chi connectivity index (χ0) is 17.9. The highest BCUT2D eigenvalue weighted by molar-refractivity contribution is 7.71. The van der Waals surface area contributed by atoms with Crippen LogP contribution in [0.5, 0.6) is 5.75 Å². The third kappa shape index (κ3) is 3.24. The lowest BCUT2D eigenvalue weighted by Gasteiger charge is -2.08. The third-order valence-electron chi connectivity index (χ3n) is 3.80.